The topological polar surface area (TPSA) is 124 Å². The van der Waals surface area contributed by atoms with E-state index in [0.717, 1.165) is 38.5 Å². The molecule has 2 heterocycles. The lowest BCUT2D eigenvalue weighted by Gasteiger charge is -2.51. The predicted octanol–water partition coefficient (Wildman–Crippen LogP) is 3.50. The van der Waals surface area contributed by atoms with E-state index in [0.29, 0.717) is 17.8 Å². The molecule has 10 nitrogen and oxygen atoms in total. The number of aromatic nitrogens is 3. The van der Waals surface area contributed by atoms with Gasteiger partial charge in [-0.25, -0.2) is 9.50 Å². The second-order valence-electron chi connectivity index (χ2n) is 10.3. The van der Waals surface area contributed by atoms with Crippen LogP contribution in [0.15, 0.2) is 42.6 Å². The first-order valence-electron chi connectivity index (χ1n) is 12.8. The van der Waals surface area contributed by atoms with Crippen LogP contribution in [0.1, 0.15) is 65.1 Å². The predicted molar refractivity (Wildman–Crippen MR) is 134 cm³/mol. The summed E-state index contributed by atoms with van der Waals surface area (Å²) in [6, 6.07) is 8.98. The van der Waals surface area contributed by atoms with E-state index < -0.39 is 17.9 Å². The van der Waals surface area contributed by atoms with Crippen molar-refractivity contribution in [2.45, 2.75) is 51.7 Å². The third-order valence-electron chi connectivity index (χ3n) is 8.05. The number of alkyl halides is 2. The molecule has 3 fully saturated rings. The molecule has 0 spiro atoms. The number of hydrogen-bond acceptors (Lipinski definition) is 7. The number of rotatable bonds is 9. The highest BCUT2D eigenvalue weighted by Crippen LogP contribution is 2.57. The van der Waals surface area contributed by atoms with Gasteiger partial charge in [0.15, 0.2) is 5.65 Å². The Morgan fingerprint density at radius 1 is 1.03 bits per heavy atom. The number of hydrogen-bond donors (Lipinski definition) is 2. The number of ether oxygens (including phenoxy) is 2. The number of carbonyl (C=O) groups is 3. The molecule has 0 radical (unpaired) electrons. The van der Waals surface area contributed by atoms with Crippen molar-refractivity contribution in [1.82, 2.24) is 25.2 Å². The number of fused-ring (bicyclic) bond motifs is 4. The third kappa shape index (κ3) is 5.41. The minimum Gasteiger partial charge on any atom is -0.469 e. The molecule has 3 aromatic rings. The van der Waals surface area contributed by atoms with Crippen LogP contribution in [0.4, 0.5) is 8.78 Å². The second-order valence-corrected chi connectivity index (χ2v) is 10.3. The molecule has 0 unspecified atom stereocenters. The van der Waals surface area contributed by atoms with Crippen LogP contribution >= 0.6 is 0 Å². The molecule has 0 atom stereocenters. The van der Waals surface area contributed by atoms with Crippen LogP contribution < -0.4 is 15.4 Å². The minimum atomic E-state index is -2.95. The fourth-order valence-corrected chi connectivity index (χ4v) is 5.71. The maximum absolute atomic E-state index is 13.3. The molecular weight excluding hydrogens is 512 g/mol. The van der Waals surface area contributed by atoms with Gasteiger partial charge in [0.2, 0.25) is 0 Å². The van der Waals surface area contributed by atoms with E-state index in [1.54, 1.807) is 18.2 Å². The maximum Gasteiger partial charge on any atom is 0.387 e. The number of nitrogens with zero attached hydrogens (tertiary/aromatic N) is 3. The Morgan fingerprint density at radius 3 is 2.46 bits per heavy atom. The zero-order valence-electron chi connectivity index (χ0n) is 21.4. The van der Waals surface area contributed by atoms with E-state index >= 15 is 0 Å². The van der Waals surface area contributed by atoms with Crippen molar-refractivity contribution in [3.05, 3.63) is 59.5 Å². The molecule has 3 aliphatic carbocycles. The Bertz CT molecular complexity index is 1380. The first-order chi connectivity index (χ1) is 18.7. The smallest absolute Gasteiger partial charge is 0.387 e. The van der Waals surface area contributed by atoms with Gasteiger partial charge in [0.05, 0.1) is 18.7 Å². The molecule has 0 aliphatic heterocycles. The molecule has 2 amide bonds. The van der Waals surface area contributed by atoms with Gasteiger partial charge in [0.1, 0.15) is 17.1 Å². The number of esters is 1. The van der Waals surface area contributed by atoms with Crippen molar-refractivity contribution in [3.63, 3.8) is 0 Å². The molecule has 2 bridgehead atoms. The summed E-state index contributed by atoms with van der Waals surface area (Å²) >= 11 is 0. The van der Waals surface area contributed by atoms with E-state index in [1.807, 2.05) is 0 Å². The highest BCUT2D eigenvalue weighted by Gasteiger charge is 2.53. The van der Waals surface area contributed by atoms with E-state index in [9.17, 15) is 23.2 Å². The number of amides is 2. The summed E-state index contributed by atoms with van der Waals surface area (Å²) in [7, 11) is 1.43. The van der Waals surface area contributed by atoms with Gasteiger partial charge in [-0.2, -0.15) is 13.9 Å². The van der Waals surface area contributed by atoms with E-state index in [-0.39, 0.29) is 41.0 Å². The molecule has 2 N–H and O–H groups in total. The van der Waals surface area contributed by atoms with Crippen molar-refractivity contribution in [1.29, 1.82) is 0 Å². The molecule has 39 heavy (non-hydrogen) atoms. The average Bonchev–Trinajstić information content (AvgIpc) is 3.43. The van der Waals surface area contributed by atoms with Crippen LogP contribution in [0, 0.1) is 10.8 Å². The number of benzene rings is 1. The van der Waals surface area contributed by atoms with Gasteiger partial charge < -0.3 is 20.1 Å². The summed E-state index contributed by atoms with van der Waals surface area (Å²) in [6.07, 6.45) is 6.21. The van der Waals surface area contributed by atoms with Gasteiger partial charge in [0, 0.05) is 25.2 Å². The molecule has 1 aromatic carbocycles. The molecule has 6 rings (SSSR count). The van der Waals surface area contributed by atoms with Crippen LogP contribution in [-0.4, -0.2) is 52.6 Å². The van der Waals surface area contributed by atoms with Gasteiger partial charge >= 0.3 is 12.6 Å². The number of nitrogens with one attached hydrogen (secondary N) is 2. The number of carbonyl (C=O) groups excluding carboxylic acids is 3. The van der Waals surface area contributed by atoms with Gasteiger partial charge in [-0.1, -0.05) is 12.1 Å². The van der Waals surface area contributed by atoms with Crippen molar-refractivity contribution < 1.29 is 32.6 Å². The number of methoxy groups -OCH3 is 1. The Kier molecular flexibility index (Phi) is 7.19. The zero-order valence-corrected chi connectivity index (χ0v) is 21.4. The zero-order chi connectivity index (χ0) is 27.6. The van der Waals surface area contributed by atoms with Gasteiger partial charge in [-0.05, 0) is 61.6 Å². The normalized spacial score (nSPS) is 22.1. The maximum atomic E-state index is 13.3. The lowest BCUT2D eigenvalue weighted by atomic mass is 9.53. The van der Waals surface area contributed by atoms with Gasteiger partial charge in [-0.3, -0.25) is 14.4 Å². The lowest BCUT2D eigenvalue weighted by Crippen LogP contribution is -2.50. The lowest BCUT2D eigenvalue weighted by molar-refractivity contribution is -0.162. The molecule has 12 heteroatoms. The number of halogens is 2. The molecule has 206 valence electrons. The minimum absolute atomic E-state index is 0.0131. The van der Waals surface area contributed by atoms with E-state index in [4.69, 9.17) is 4.74 Å². The van der Waals surface area contributed by atoms with E-state index in [1.165, 1.54) is 36.0 Å². The van der Waals surface area contributed by atoms with Crippen LogP contribution in [0.25, 0.3) is 5.65 Å². The van der Waals surface area contributed by atoms with Crippen LogP contribution in [0.5, 0.6) is 5.75 Å². The van der Waals surface area contributed by atoms with Gasteiger partial charge in [0.25, 0.3) is 11.8 Å². The Morgan fingerprint density at radius 2 is 1.77 bits per heavy atom. The molecular formula is C27H29F2N5O5. The van der Waals surface area contributed by atoms with Crippen molar-refractivity contribution in [3.8, 4) is 5.75 Å². The van der Waals surface area contributed by atoms with Crippen LogP contribution in [0.2, 0.25) is 0 Å². The second kappa shape index (κ2) is 10.6. The quantitative estimate of drug-likeness (QED) is 0.398. The van der Waals surface area contributed by atoms with Crippen LogP contribution in [0.3, 0.4) is 0 Å². The summed E-state index contributed by atoms with van der Waals surface area (Å²) < 4.78 is 35.8. The monoisotopic (exact) mass is 541 g/mol. The fourth-order valence-electron chi connectivity index (χ4n) is 5.71. The Hall–Kier alpha value is -4.09. The summed E-state index contributed by atoms with van der Waals surface area (Å²) in [5.41, 5.74) is 0.590. The molecule has 3 aliphatic rings. The van der Waals surface area contributed by atoms with Crippen LogP contribution in [-0.2, 0) is 16.1 Å². The highest BCUT2D eigenvalue weighted by atomic mass is 19.3. The standard InChI is InChI=1S/C27H29F2N5O5/c1-38-24(37)27-9-6-26(7-10-27,8-11-27)16-31-23(36)20-14-19(33-21-5-12-32-34(20)21)22(35)30-15-17-3-2-4-18(13-17)39-25(28)29/h2-5,12-14,25H,6-11,15-16H2,1H3,(H,30,35)(H,31,36). The Labute approximate surface area is 223 Å². The average molecular weight is 542 g/mol. The third-order valence-corrected chi connectivity index (χ3v) is 8.05. The fraction of sp³-hybridized carbons (Fsp3) is 0.444. The van der Waals surface area contributed by atoms with E-state index in [2.05, 4.69) is 25.5 Å². The summed E-state index contributed by atoms with van der Waals surface area (Å²) in [5.74, 6) is -1.08. The van der Waals surface area contributed by atoms with Crippen molar-refractivity contribution in [2.75, 3.05) is 13.7 Å². The SMILES string of the molecule is COC(=O)C12CCC(CNC(=O)c3cc(C(=O)NCc4cccc(OC(F)F)c4)nc4ccnn34)(CC1)CC2. The van der Waals surface area contributed by atoms with Crippen molar-refractivity contribution in [2.24, 2.45) is 10.8 Å². The first kappa shape index (κ1) is 26.5. The molecule has 2 aromatic heterocycles. The summed E-state index contributed by atoms with van der Waals surface area (Å²) in [4.78, 5) is 42.8. The highest BCUT2D eigenvalue weighted by molar-refractivity contribution is 5.98. The molecule has 0 saturated heterocycles. The summed E-state index contributed by atoms with van der Waals surface area (Å²) in [5, 5.41) is 9.89. The largest absolute Gasteiger partial charge is 0.469 e. The Balaban J connectivity index is 1.26. The first-order valence-corrected chi connectivity index (χ1v) is 12.8. The molecule has 3 saturated carbocycles. The van der Waals surface area contributed by atoms with Crippen molar-refractivity contribution >= 4 is 23.4 Å². The van der Waals surface area contributed by atoms with Gasteiger partial charge in [-0.15, -0.1) is 0 Å². The summed E-state index contributed by atoms with van der Waals surface area (Å²) in [6.45, 7) is -2.45.